The zero-order chi connectivity index (χ0) is 24.9. The fraction of sp³-hybridized carbons (Fsp3) is 0.143. The number of ether oxygens (including phenoxy) is 3. The van der Waals surface area contributed by atoms with Gasteiger partial charge in [-0.3, -0.25) is 0 Å². The van der Waals surface area contributed by atoms with Crippen molar-refractivity contribution in [1.82, 2.24) is 0 Å². The summed E-state index contributed by atoms with van der Waals surface area (Å²) in [6.07, 6.45) is 3.55. The van der Waals surface area contributed by atoms with Crippen LogP contribution in [0.25, 0.3) is 33.1 Å². The number of furan rings is 1. The zero-order valence-corrected chi connectivity index (χ0v) is 19.1. The van der Waals surface area contributed by atoms with E-state index in [0.717, 1.165) is 35.3 Å². The number of carbonyl (C=O) groups excluding carboxylic acids is 2. The maximum atomic E-state index is 15.0. The molecule has 0 spiro atoms. The maximum Gasteiger partial charge on any atom is 0.335 e. The van der Waals surface area contributed by atoms with Gasteiger partial charge in [0.05, 0.1) is 13.7 Å². The monoisotopic (exact) mass is 474 g/mol. The Labute approximate surface area is 201 Å². The summed E-state index contributed by atoms with van der Waals surface area (Å²) in [5.74, 6) is -1.74. The summed E-state index contributed by atoms with van der Waals surface area (Å²) in [5.41, 5.74) is 3.13. The molecule has 35 heavy (non-hydrogen) atoms. The van der Waals surface area contributed by atoms with Crippen molar-refractivity contribution in [3.05, 3.63) is 85.2 Å². The molecule has 0 radical (unpaired) electrons. The molecule has 0 aliphatic rings. The molecule has 0 saturated carbocycles. The van der Waals surface area contributed by atoms with Crippen LogP contribution in [-0.2, 0) is 20.7 Å². The normalized spacial score (nSPS) is 10.8. The van der Waals surface area contributed by atoms with Gasteiger partial charge in [0.25, 0.3) is 0 Å². The third-order valence-electron chi connectivity index (χ3n) is 5.54. The minimum atomic E-state index is -0.777. The van der Waals surface area contributed by atoms with Gasteiger partial charge in [-0.2, -0.15) is 4.39 Å². The highest BCUT2D eigenvalue weighted by atomic mass is 19.1. The molecule has 0 bridgehead atoms. The van der Waals surface area contributed by atoms with Crippen LogP contribution in [0.4, 0.5) is 4.39 Å². The van der Waals surface area contributed by atoms with Crippen LogP contribution in [-0.4, -0.2) is 25.7 Å². The van der Waals surface area contributed by atoms with Crippen LogP contribution >= 0.6 is 0 Å². The second-order valence-electron chi connectivity index (χ2n) is 7.68. The van der Waals surface area contributed by atoms with E-state index in [2.05, 4.69) is 13.2 Å². The lowest BCUT2D eigenvalue weighted by Crippen LogP contribution is -2.04. The van der Waals surface area contributed by atoms with E-state index in [1.54, 1.807) is 6.07 Å². The van der Waals surface area contributed by atoms with Gasteiger partial charge in [-0.15, -0.1) is 0 Å². The third kappa shape index (κ3) is 4.80. The standard InChI is InChI=1S/C28H23FO6/c1-4-23(30)33-16-6-7-17-8-10-18(11-9-17)19-12-13-21-20-14-15-22(34-24(31)5-2)25(29)26(20)35-28(21)27(19)32-3/h4-5,8-15H,1-2,6-7,16H2,3H3. The van der Waals surface area contributed by atoms with E-state index in [1.807, 2.05) is 36.4 Å². The molecule has 0 N–H and O–H groups in total. The van der Waals surface area contributed by atoms with Crippen LogP contribution < -0.4 is 9.47 Å². The summed E-state index contributed by atoms with van der Waals surface area (Å²) >= 11 is 0. The Hall–Kier alpha value is -4.39. The Morgan fingerprint density at radius 1 is 0.943 bits per heavy atom. The van der Waals surface area contributed by atoms with Crippen LogP contribution in [0.2, 0.25) is 0 Å². The van der Waals surface area contributed by atoms with Gasteiger partial charge >= 0.3 is 11.9 Å². The van der Waals surface area contributed by atoms with Gasteiger partial charge in [0, 0.05) is 28.5 Å². The SMILES string of the molecule is C=CC(=O)OCCCc1ccc(-c2ccc3c(oc4c(F)c(OC(=O)C=C)ccc43)c2OC)cc1. The first kappa shape index (κ1) is 23.8. The summed E-state index contributed by atoms with van der Waals surface area (Å²) in [6, 6.07) is 14.7. The quantitative estimate of drug-likeness (QED) is 0.125. The average Bonchev–Trinajstić information content (AvgIpc) is 3.27. The molecule has 0 unspecified atom stereocenters. The number of hydrogen-bond donors (Lipinski definition) is 0. The lowest BCUT2D eigenvalue weighted by molar-refractivity contribution is -0.137. The molecule has 0 fully saturated rings. The van der Waals surface area contributed by atoms with Gasteiger partial charge in [-0.25, -0.2) is 9.59 Å². The minimum Gasteiger partial charge on any atom is -0.492 e. The van der Waals surface area contributed by atoms with Crippen molar-refractivity contribution >= 4 is 33.9 Å². The number of benzene rings is 3. The molecule has 4 aromatic rings. The molecular formula is C28H23FO6. The number of methoxy groups -OCH3 is 1. The summed E-state index contributed by atoms with van der Waals surface area (Å²) in [7, 11) is 1.53. The third-order valence-corrected chi connectivity index (χ3v) is 5.54. The van der Waals surface area contributed by atoms with Crippen LogP contribution in [0.1, 0.15) is 12.0 Å². The highest BCUT2D eigenvalue weighted by Gasteiger charge is 2.21. The van der Waals surface area contributed by atoms with Gasteiger partial charge in [-0.05, 0) is 48.2 Å². The van der Waals surface area contributed by atoms with Crippen molar-refractivity contribution in [2.75, 3.05) is 13.7 Å². The Morgan fingerprint density at radius 2 is 1.63 bits per heavy atom. The molecule has 4 rings (SSSR count). The van der Waals surface area contributed by atoms with E-state index in [0.29, 0.717) is 35.1 Å². The van der Waals surface area contributed by atoms with Crippen molar-refractivity contribution in [2.24, 2.45) is 0 Å². The topological polar surface area (TPSA) is 75.0 Å². The summed E-state index contributed by atoms with van der Waals surface area (Å²) in [6.45, 7) is 7.02. The van der Waals surface area contributed by atoms with Crippen LogP contribution in [0.5, 0.6) is 11.5 Å². The Morgan fingerprint density at radius 3 is 2.31 bits per heavy atom. The van der Waals surface area contributed by atoms with Crippen LogP contribution in [0.15, 0.2) is 78.3 Å². The van der Waals surface area contributed by atoms with Crippen molar-refractivity contribution in [1.29, 1.82) is 0 Å². The molecule has 0 aliphatic carbocycles. The van der Waals surface area contributed by atoms with E-state index in [9.17, 15) is 9.59 Å². The maximum absolute atomic E-state index is 15.0. The highest BCUT2D eigenvalue weighted by Crippen LogP contribution is 2.43. The van der Waals surface area contributed by atoms with E-state index < -0.39 is 17.8 Å². The number of esters is 2. The van der Waals surface area contributed by atoms with Crippen molar-refractivity contribution in [3.8, 4) is 22.6 Å². The van der Waals surface area contributed by atoms with Gasteiger partial charge in [0.15, 0.2) is 22.7 Å². The van der Waals surface area contributed by atoms with E-state index in [-0.39, 0.29) is 11.3 Å². The number of rotatable bonds is 9. The Kier molecular flexibility index (Phi) is 6.96. The van der Waals surface area contributed by atoms with Gasteiger partial charge in [-0.1, -0.05) is 37.4 Å². The Bertz CT molecular complexity index is 1430. The number of fused-ring (bicyclic) bond motifs is 3. The van der Waals surface area contributed by atoms with E-state index >= 15 is 4.39 Å². The highest BCUT2D eigenvalue weighted by molar-refractivity contribution is 6.09. The average molecular weight is 474 g/mol. The van der Waals surface area contributed by atoms with Crippen LogP contribution in [0, 0.1) is 5.82 Å². The number of carbonyl (C=O) groups is 2. The lowest BCUT2D eigenvalue weighted by Gasteiger charge is -2.10. The molecule has 0 atom stereocenters. The summed E-state index contributed by atoms with van der Waals surface area (Å²) in [5, 5.41) is 1.21. The molecule has 6 nitrogen and oxygen atoms in total. The molecule has 0 aliphatic heterocycles. The van der Waals surface area contributed by atoms with Crippen molar-refractivity contribution in [2.45, 2.75) is 12.8 Å². The molecule has 178 valence electrons. The predicted octanol–water partition coefficient (Wildman–Crippen LogP) is 6.15. The Balaban J connectivity index is 1.64. The van der Waals surface area contributed by atoms with Crippen molar-refractivity contribution < 1.29 is 32.6 Å². The van der Waals surface area contributed by atoms with E-state index in [4.69, 9.17) is 18.6 Å². The summed E-state index contributed by atoms with van der Waals surface area (Å²) < 4.78 is 36.5. The van der Waals surface area contributed by atoms with Crippen molar-refractivity contribution in [3.63, 3.8) is 0 Å². The number of halogens is 1. The molecule has 1 aromatic heterocycles. The zero-order valence-electron chi connectivity index (χ0n) is 19.1. The smallest absolute Gasteiger partial charge is 0.335 e. The fourth-order valence-electron chi connectivity index (χ4n) is 3.85. The fourth-order valence-corrected chi connectivity index (χ4v) is 3.85. The number of aryl methyl sites for hydroxylation is 1. The number of hydrogen-bond acceptors (Lipinski definition) is 6. The van der Waals surface area contributed by atoms with E-state index in [1.165, 1.54) is 13.2 Å². The molecular weight excluding hydrogens is 451 g/mol. The minimum absolute atomic E-state index is 0.0303. The molecule has 7 heteroatoms. The molecule has 0 saturated heterocycles. The summed E-state index contributed by atoms with van der Waals surface area (Å²) in [4.78, 5) is 22.6. The predicted molar refractivity (Wildman–Crippen MR) is 131 cm³/mol. The van der Waals surface area contributed by atoms with Gasteiger partial charge in [0.2, 0.25) is 5.82 Å². The second-order valence-corrected chi connectivity index (χ2v) is 7.68. The molecule has 3 aromatic carbocycles. The first-order chi connectivity index (χ1) is 17.0. The van der Waals surface area contributed by atoms with Gasteiger partial charge < -0.3 is 18.6 Å². The molecule has 1 heterocycles. The second kappa shape index (κ2) is 10.3. The largest absolute Gasteiger partial charge is 0.492 e. The van der Waals surface area contributed by atoms with Gasteiger partial charge in [0.1, 0.15) is 0 Å². The molecule has 0 amide bonds. The lowest BCUT2D eigenvalue weighted by atomic mass is 9.99. The first-order valence-corrected chi connectivity index (χ1v) is 10.9. The van der Waals surface area contributed by atoms with Crippen LogP contribution in [0.3, 0.4) is 0 Å². The first-order valence-electron chi connectivity index (χ1n) is 10.9.